The van der Waals surface area contributed by atoms with Gasteiger partial charge in [0.2, 0.25) is 0 Å². The number of pyridine rings is 2. The van der Waals surface area contributed by atoms with Gasteiger partial charge < -0.3 is 20.5 Å². The first kappa shape index (κ1) is 39.2. The maximum atomic E-state index is 11.0. The Labute approximate surface area is 218 Å². The molecule has 0 aliphatic rings. The molecule has 0 saturated carbocycles. The molecule has 0 atom stereocenters. The SMILES string of the molecule is CCOC(=O)CN.CCOC(=O)CNCc1ccc(C)nc1.Cc1ccc(CCl)cn1.Cl.Cl.F. The van der Waals surface area contributed by atoms with Crippen LogP contribution in [-0.2, 0) is 31.5 Å². The van der Waals surface area contributed by atoms with E-state index in [1.807, 2.05) is 38.1 Å². The number of aromatic nitrogens is 2. The van der Waals surface area contributed by atoms with Crippen LogP contribution in [0, 0.1) is 13.8 Å². The first-order valence-corrected chi connectivity index (χ1v) is 10.5. The van der Waals surface area contributed by atoms with E-state index in [2.05, 4.69) is 20.0 Å². The van der Waals surface area contributed by atoms with E-state index in [9.17, 15) is 9.59 Å². The van der Waals surface area contributed by atoms with Gasteiger partial charge in [-0.25, -0.2) is 0 Å². The molecule has 0 saturated heterocycles. The molecule has 196 valence electrons. The molecule has 0 bridgehead atoms. The quantitative estimate of drug-likeness (QED) is 0.381. The second-order valence-corrected chi connectivity index (χ2v) is 6.43. The van der Waals surface area contributed by atoms with Gasteiger partial charge in [-0.05, 0) is 51.0 Å². The first-order valence-electron chi connectivity index (χ1n) is 9.97. The molecule has 8 nitrogen and oxygen atoms in total. The van der Waals surface area contributed by atoms with Crippen LogP contribution in [0.3, 0.4) is 0 Å². The van der Waals surface area contributed by atoms with Crippen LogP contribution < -0.4 is 11.1 Å². The van der Waals surface area contributed by atoms with Gasteiger partial charge in [0.25, 0.3) is 0 Å². The van der Waals surface area contributed by atoms with Gasteiger partial charge in [0.15, 0.2) is 0 Å². The Hall–Kier alpha value is -2.04. The maximum Gasteiger partial charge on any atom is 0.319 e. The van der Waals surface area contributed by atoms with Gasteiger partial charge in [-0.15, -0.1) is 36.4 Å². The predicted molar refractivity (Wildman–Crippen MR) is 139 cm³/mol. The average Bonchev–Trinajstić information content (AvgIpc) is 2.77. The minimum atomic E-state index is -0.345. The summed E-state index contributed by atoms with van der Waals surface area (Å²) in [6, 6.07) is 7.87. The van der Waals surface area contributed by atoms with Crippen molar-refractivity contribution in [3.8, 4) is 0 Å². The Morgan fingerprint density at radius 2 is 1.38 bits per heavy atom. The fourth-order valence-electron chi connectivity index (χ4n) is 1.92. The van der Waals surface area contributed by atoms with E-state index in [0.717, 1.165) is 22.5 Å². The number of carbonyl (C=O) groups excluding carboxylic acids is 2. The summed E-state index contributed by atoms with van der Waals surface area (Å²) < 4.78 is 9.21. The molecule has 2 aromatic rings. The van der Waals surface area contributed by atoms with Crippen LogP contribution >= 0.6 is 36.4 Å². The molecule has 34 heavy (non-hydrogen) atoms. The Balaban J connectivity index is -0.000000206. The number of ether oxygens (including phenoxy) is 2. The van der Waals surface area contributed by atoms with Gasteiger partial charge in [0.1, 0.15) is 0 Å². The number of aryl methyl sites for hydroxylation is 2. The van der Waals surface area contributed by atoms with Crippen LogP contribution in [0.15, 0.2) is 36.7 Å². The second kappa shape index (κ2) is 25.6. The van der Waals surface area contributed by atoms with Crippen molar-refractivity contribution in [1.29, 1.82) is 0 Å². The number of nitrogens with one attached hydrogen (secondary N) is 1. The van der Waals surface area contributed by atoms with Crippen LogP contribution in [0.1, 0.15) is 36.4 Å². The first-order chi connectivity index (χ1) is 14.9. The summed E-state index contributed by atoms with van der Waals surface area (Å²) in [6.07, 6.45) is 3.59. The highest BCUT2D eigenvalue weighted by atomic mass is 35.5. The Morgan fingerprint density at radius 1 is 0.912 bits per heavy atom. The molecule has 0 aliphatic heterocycles. The van der Waals surface area contributed by atoms with E-state index in [4.69, 9.17) is 22.1 Å². The lowest BCUT2D eigenvalue weighted by Gasteiger charge is -2.04. The molecule has 0 unspecified atom stereocenters. The van der Waals surface area contributed by atoms with E-state index < -0.39 is 0 Å². The van der Waals surface area contributed by atoms with Crippen molar-refractivity contribution in [2.45, 2.75) is 40.1 Å². The number of nitrogens with two attached hydrogens (primary N) is 1. The summed E-state index contributed by atoms with van der Waals surface area (Å²) in [7, 11) is 0. The van der Waals surface area contributed by atoms with E-state index >= 15 is 0 Å². The lowest BCUT2D eigenvalue weighted by Crippen LogP contribution is -2.24. The highest BCUT2D eigenvalue weighted by Gasteiger charge is 2.00. The Kier molecular flexibility index (Phi) is 29.5. The number of carbonyl (C=O) groups is 2. The van der Waals surface area contributed by atoms with E-state index in [0.29, 0.717) is 25.6 Å². The smallest absolute Gasteiger partial charge is 0.319 e. The van der Waals surface area contributed by atoms with Crippen molar-refractivity contribution < 1.29 is 23.8 Å². The topological polar surface area (TPSA) is 116 Å². The number of esters is 2. The van der Waals surface area contributed by atoms with Crippen molar-refractivity contribution in [3.05, 3.63) is 59.2 Å². The van der Waals surface area contributed by atoms with Gasteiger partial charge in [0.05, 0.1) is 26.3 Å². The highest BCUT2D eigenvalue weighted by molar-refractivity contribution is 6.17. The number of rotatable bonds is 8. The van der Waals surface area contributed by atoms with Gasteiger partial charge >= 0.3 is 11.9 Å². The Morgan fingerprint density at radius 3 is 1.74 bits per heavy atom. The monoisotopic (exact) mass is 544 g/mol. The normalized spacial score (nSPS) is 8.65. The summed E-state index contributed by atoms with van der Waals surface area (Å²) in [5.41, 5.74) is 9.04. The second-order valence-electron chi connectivity index (χ2n) is 6.17. The van der Waals surface area contributed by atoms with Crippen LogP contribution in [0.4, 0.5) is 4.70 Å². The van der Waals surface area contributed by atoms with E-state index in [1.165, 1.54) is 0 Å². The standard InChI is InChI=1S/C11H16N2O2.C7H8ClN.C4H9NO2.2ClH.FH/c1-3-15-11(14)8-12-6-10-5-4-9(2)13-7-10;1-6-2-3-7(4-8)5-9-6;1-2-7-4(6)3-5;;;/h4-5,7,12H,3,6,8H2,1-2H3;2-3,5H,4H2,1H3;2-3,5H2,1H3;3*1H. The largest absolute Gasteiger partial charge is 0.465 e. The molecule has 2 heterocycles. The molecular weight excluding hydrogens is 510 g/mol. The summed E-state index contributed by atoms with van der Waals surface area (Å²) in [6.45, 7) is 9.12. The molecule has 12 heteroatoms. The molecule has 0 aromatic carbocycles. The van der Waals surface area contributed by atoms with Gasteiger partial charge in [0, 0.05) is 36.2 Å². The summed E-state index contributed by atoms with van der Waals surface area (Å²) in [5, 5.41) is 2.99. The number of hydrogen-bond acceptors (Lipinski definition) is 8. The highest BCUT2D eigenvalue weighted by Crippen LogP contribution is 2.01. The summed E-state index contributed by atoms with van der Waals surface area (Å²) in [5.74, 6) is -0.0205. The third-order valence-corrected chi connectivity index (χ3v) is 3.78. The molecule has 2 aromatic heterocycles. The fourth-order valence-corrected chi connectivity index (χ4v) is 2.08. The number of hydrogen-bond donors (Lipinski definition) is 2. The molecule has 2 rings (SSSR count). The van der Waals surface area contributed by atoms with Gasteiger partial charge in [-0.1, -0.05) is 12.1 Å². The summed E-state index contributed by atoms with van der Waals surface area (Å²) in [4.78, 5) is 29.3. The molecule has 0 fully saturated rings. The molecule has 0 radical (unpaired) electrons. The van der Waals surface area contributed by atoms with E-state index in [1.54, 1.807) is 26.2 Å². The molecular formula is C22H36Cl3FN4O4. The van der Waals surface area contributed by atoms with Gasteiger partial charge in [-0.3, -0.25) is 24.3 Å². The van der Waals surface area contributed by atoms with Crippen LogP contribution in [0.5, 0.6) is 0 Å². The minimum Gasteiger partial charge on any atom is -0.465 e. The third-order valence-electron chi connectivity index (χ3n) is 3.48. The molecule has 0 spiro atoms. The predicted octanol–water partition coefficient (Wildman–Crippen LogP) is 3.68. The van der Waals surface area contributed by atoms with Crippen LogP contribution in [0.2, 0.25) is 0 Å². The maximum absolute atomic E-state index is 11.0. The van der Waals surface area contributed by atoms with Crippen LogP contribution in [0.25, 0.3) is 0 Å². The molecule has 0 amide bonds. The van der Waals surface area contributed by atoms with Crippen LogP contribution in [-0.4, -0.2) is 48.2 Å². The van der Waals surface area contributed by atoms with Crippen molar-refractivity contribution in [2.24, 2.45) is 5.73 Å². The summed E-state index contributed by atoms with van der Waals surface area (Å²) >= 11 is 5.54. The number of halogens is 4. The number of alkyl halides is 1. The zero-order valence-corrected chi connectivity index (χ0v) is 22.3. The third kappa shape index (κ3) is 21.8. The van der Waals surface area contributed by atoms with E-state index in [-0.39, 0.29) is 54.5 Å². The fraction of sp³-hybridized carbons (Fsp3) is 0.455. The van der Waals surface area contributed by atoms with Crippen molar-refractivity contribution in [1.82, 2.24) is 15.3 Å². The van der Waals surface area contributed by atoms with Crippen molar-refractivity contribution >= 4 is 48.4 Å². The lowest BCUT2D eigenvalue weighted by molar-refractivity contribution is -0.142. The number of nitrogens with zero attached hydrogens (tertiary/aromatic N) is 2. The minimum absolute atomic E-state index is 0. The Bertz CT molecular complexity index is 755. The van der Waals surface area contributed by atoms with Gasteiger partial charge in [-0.2, -0.15) is 0 Å². The molecule has 0 aliphatic carbocycles. The lowest BCUT2D eigenvalue weighted by atomic mass is 10.2. The zero-order valence-electron chi connectivity index (χ0n) is 19.9. The molecule has 3 N–H and O–H groups in total. The van der Waals surface area contributed by atoms with Crippen molar-refractivity contribution in [3.63, 3.8) is 0 Å². The average molecular weight is 546 g/mol. The zero-order chi connectivity index (χ0) is 23.5. The van der Waals surface area contributed by atoms with Crippen molar-refractivity contribution in [2.75, 3.05) is 26.3 Å².